The van der Waals surface area contributed by atoms with Gasteiger partial charge in [0.25, 0.3) is 0 Å². The van der Waals surface area contributed by atoms with Crippen molar-refractivity contribution in [3.05, 3.63) is 71.3 Å². The number of hydrogen-bond acceptors (Lipinski definition) is 4. The topological polar surface area (TPSA) is 78.7 Å². The van der Waals surface area contributed by atoms with E-state index in [9.17, 15) is 9.59 Å². The summed E-state index contributed by atoms with van der Waals surface area (Å²) in [5.74, 6) is -0.575. The van der Waals surface area contributed by atoms with E-state index in [0.29, 0.717) is 12.5 Å². The van der Waals surface area contributed by atoms with Crippen LogP contribution >= 0.6 is 0 Å². The summed E-state index contributed by atoms with van der Waals surface area (Å²) in [5.41, 5.74) is 5.08. The summed E-state index contributed by atoms with van der Waals surface area (Å²) in [6.07, 6.45) is 18.1. The number of rotatable bonds is 12. The number of carbonyl (C=O) groups excluding carboxylic acids is 1. The van der Waals surface area contributed by atoms with E-state index in [1.54, 1.807) is 11.0 Å². The number of carbonyl (C=O) groups is 2. The van der Waals surface area contributed by atoms with E-state index >= 15 is 0 Å². The summed E-state index contributed by atoms with van der Waals surface area (Å²) in [6.45, 7) is 16.7. The van der Waals surface area contributed by atoms with Crippen LogP contribution in [-0.4, -0.2) is 56.7 Å². The third kappa shape index (κ3) is 7.52. The summed E-state index contributed by atoms with van der Waals surface area (Å²) in [4.78, 5) is 26.8. The van der Waals surface area contributed by atoms with Crippen molar-refractivity contribution in [3.63, 3.8) is 0 Å². The molecule has 1 aromatic heterocycles. The normalized spacial score (nSPS) is 16.8. The lowest BCUT2D eigenvalue weighted by molar-refractivity contribution is -0.132. The smallest absolute Gasteiger partial charge is 0.331 e. The molecule has 1 fully saturated rings. The van der Waals surface area contributed by atoms with Crippen molar-refractivity contribution >= 4 is 30.2 Å². The number of carboxylic acid groups (broad SMARTS) is 1. The molecule has 7 heteroatoms. The van der Waals surface area contributed by atoms with Crippen LogP contribution in [0.3, 0.4) is 0 Å². The minimum atomic E-state index is -0.963. The Balaban J connectivity index is 2.10. The monoisotopic (exact) mass is 492 g/mol. The molecular formula is C29H40N4O3. The van der Waals surface area contributed by atoms with E-state index in [0.717, 1.165) is 67.2 Å². The average Bonchev–Trinajstić information content (AvgIpc) is 3.21. The zero-order valence-electron chi connectivity index (χ0n) is 22.3. The summed E-state index contributed by atoms with van der Waals surface area (Å²) < 4.78 is 1.98. The lowest BCUT2D eigenvalue weighted by Crippen LogP contribution is -2.37. The van der Waals surface area contributed by atoms with Gasteiger partial charge in [0.2, 0.25) is 6.41 Å². The SMILES string of the molecule is C=Cc1c(CN2CCC(CN(C=O)/C(C)=C/C=C(\C)C(=O)O)CC2)nn(C(/C=C\C)=C/C)c1/C=C\C. The summed E-state index contributed by atoms with van der Waals surface area (Å²) in [7, 11) is 0. The second-order valence-corrected chi connectivity index (χ2v) is 9.02. The van der Waals surface area contributed by atoms with Crippen molar-refractivity contribution in [2.24, 2.45) is 5.92 Å². The molecular weight excluding hydrogens is 452 g/mol. The predicted octanol–water partition coefficient (Wildman–Crippen LogP) is 5.60. The van der Waals surface area contributed by atoms with Crippen LogP contribution in [0.15, 0.2) is 54.3 Å². The Hall–Kier alpha value is -3.45. The lowest BCUT2D eigenvalue weighted by Gasteiger charge is -2.33. The number of nitrogens with zero attached hydrogens (tertiary/aromatic N) is 4. The predicted molar refractivity (Wildman–Crippen MR) is 148 cm³/mol. The van der Waals surface area contributed by atoms with Gasteiger partial charge in [0.15, 0.2) is 0 Å². The van der Waals surface area contributed by atoms with Crippen LogP contribution in [0.1, 0.15) is 64.4 Å². The number of aromatic nitrogens is 2. The number of amides is 1. The Morgan fingerprint density at radius 3 is 2.39 bits per heavy atom. The van der Waals surface area contributed by atoms with E-state index in [1.165, 1.54) is 13.0 Å². The van der Waals surface area contributed by atoms with Crippen molar-refractivity contribution < 1.29 is 14.7 Å². The van der Waals surface area contributed by atoms with Crippen LogP contribution in [0.2, 0.25) is 0 Å². The molecule has 0 atom stereocenters. The molecule has 36 heavy (non-hydrogen) atoms. The van der Waals surface area contributed by atoms with Crippen LogP contribution in [0.25, 0.3) is 17.8 Å². The molecule has 0 spiro atoms. The van der Waals surface area contributed by atoms with Gasteiger partial charge in [0.1, 0.15) is 0 Å². The standard InChI is InChI=1S/C29H40N4O3/c1-7-11-25(9-3)33-28(12-8-2)26(10-4)27(30-33)20-31-17-15-24(16-18-31)19-32(21-34)23(6)14-13-22(5)29(35)36/h7-14,21,24H,4,15-20H2,1-3,5-6H3,(H,35,36)/b11-7-,12-8-,22-13+,23-14+,25-9+. The Labute approximate surface area is 215 Å². The number of allylic oxidation sites excluding steroid dienone is 8. The number of piperidine rings is 1. The quantitative estimate of drug-likeness (QED) is 0.233. The second kappa shape index (κ2) is 14.2. The molecule has 0 aromatic carbocycles. The van der Waals surface area contributed by atoms with E-state index in [1.807, 2.05) is 50.6 Å². The van der Waals surface area contributed by atoms with E-state index in [2.05, 4.69) is 29.7 Å². The zero-order chi connectivity index (χ0) is 26.7. The van der Waals surface area contributed by atoms with Crippen molar-refractivity contribution in [1.29, 1.82) is 0 Å². The van der Waals surface area contributed by atoms with Gasteiger partial charge in [0, 0.05) is 29.9 Å². The Morgan fingerprint density at radius 1 is 1.17 bits per heavy atom. The maximum atomic E-state index is 11.7. The van der Waals surface area contributed by atoms with E-state index in [4.69, 9.17) is 10.2 Å². The number of aliphatic carboxylic acids is 1. The third-order valence-corrected chi connectivity index (χ3v) is 6.47. The molecule has 1 aromatic rings. The van der Waals surface area contributed by atoms with Gasteiger partial charge in [-0.05, 0) is 84.7 Å². The Kier molecular flexibility index (Phi) is 11.3. The molecule has 1 aliphatic heterocycles. The first-order chi connectivity index (χ1) is 17.3. The molecule has 7 nitrogen and oxygen atoms in total. The molecule has 1 saturated heterocycles. The summed E-state index contributed by atoms with van der Waals surface area (Å²) in [5, 5.41) is 14.0. The highest BCUT2D eigenvalue weighted by molar-refractivity contribution is 5.86. The summed E-state index contributed by atoms with van der Waals surface area (Å²) in [6, 6.07) is 0. The van der Waals surface area contributed by atoms with Gasteiger partial charge in [-0.25, -0.2) is 9.48 Å². The van der Waals surface area contributed by atoms with Crippen molar-refractivity contribution in [2.75, 3.05) is 19.6 Å². The fourth-order valence-corrected chi connectivity index (χ4v) is 4.30. The molecule has 2 rings (SSSR count). The van der Waals surface area contributed by atoms with Gasteiger partial charge in [-0.2, -0.15) is 5.10 Å². The molecule has 1 N–H and O–H groups in total. The van der Waals surface area contributed by atoms with Crippen molar-refractivity contribution in [3.8, 4) is 0 Å². The van der Waals surface area contributed by atoms with Gasteiger partial charge in [-0.1, -0.05) is 37.0 Å². The van der Waals surface area contributed by atoms with Gasteiger partial charge in [-0.15, -0.1) is 0 Å². The molecule has 0 bridgehead atoms. The van der Waals surface area contributed by atoms with Gasteiger partial charge in [-0.3, -0.25) is 9.69 Å². The van der Waals surface area contributed by atoms with E-state index < -0.39 is 5.97 Å². The molecule has 194 valence electrons. The molecule has 2 heterocycles. The van der Waals surface area contributed by atoms with Crippen LogP contribution in [0.5, 0.6) is 0 Å². The highest BCUT2D eigenvalue weighted by Gasteiger charge is 2.24. The highest BCUT2D eigenvalue weighted by Crippen LogP contribution is 2.26. The maximum absolute atomic E-state index is 11.7. The number of carboxylic acids is 1. The van der Waals surface area contributed by atoms with Crippen molar-refractivity contribution in [2.45, 2.75) is 54.0 Å². The van der Waals surface area contributed by atoms with Crippen LogP contribution in [0, 0.1) is 5.92 Å². The van der Waals surface area contributed by atoms with Crippen molar-refractivity contribution in [1.82, 2.24) is 19.6 Å². The largest absolute Gasteiger partial charge is 0.478 e. The average molecular weight is 493 g/mol. The Bertz CT molecular complexity index is 1080. The molecule has 0 saturated carbocycles. The van der Waals surface area contributed by atoms with Gasteiger partial charge >= 0.3 is 5.97 Å². The first-order valence-electron chi connectivity index (χ1n) is 12.5. The lowest BCUT2D eigenvalue weighted by atomic mass is 9.95. The maximum Gasteiger partial charge on any atom is 0.331 e. The zero-order valence-corrected chi connectivity index (χ0v) is 22.3. The van der Waals surface area contributed by atoms with Crippen LogP contribution in [-0.2, 0) is 16.1 Å². The minimum Gasteiger partial charge on any atom is -0.478 e. The number of hydrogen-bond donors (Lipinski definition) is 1. The van der Waals surface area contributed by atoms with Crippen LogP contribution in [0.4, 0.5) is 0 Å². The number of likely N-dealkylation sites (tertiary alicyclic amines) is 1. The second-order valence-electron chi connectivity index (χ2n) is 9.02. The van der Waals surface area contributed by atoms with Gasteiger partial charge < -0.3 is 10.0 Å². The third-order valence-electron chi connectivity index (χ3n) is 6.47. The molecule has 1 amide bonds. The first kappa shape index (κ1) is 28.8. The fourth-order valence-electron chi connectivity index (χ4n) is 4.30. The summed E-state index contributed by atoms with van der Waals surface area (Å²) >= 11 is 0. The Morgan fingerprint density at radius 2 is 1.86 bits per heavy atom. The fraction of sp³-hybridized carbons (Fsp3) is 0.414. The first-order valence-corrected chi connectivity index (χ1v) is 12.5. The molecule has 0 aliphatic carbocycles. The molecule has 0 radical (unpaired) electrons. The highest BCUT2D eigenvalue weighted by atomic mass is 16.4. The van der Waals surface area contributed by atoms with Crippen LogP contribution < -0.4 is 0 Å². The van der Waals surface area contributed by atoms with E-state index in [-0.39, 0.29) is 5.57 Å². The molecule has 0 unspecified atom stereocenters. The molecule has 1 aliphatic rings. The van der Waals surface area contributed by atoms with Gasteiger partial charge in [0.05, 0.1) is 17.1 Å². The minimum absolute atomic E-state index is 0.236.